The minimum Gasteiger partial charge on any atom is -0.406 e. The lowest BCUT2D eigenvalue weighted by atomic mass is 10.3. The van der Waals surface area contributed by atoms with Crippen molar-refractivity contribution in [1.29, 1.82) is 0 Å². The summed E-state index contributed by atoms with van der Waals surface area (Å²) in [6.07, 6.45) is -3.23. The van der Waals surface area contributed by atoms with Gasteiger partial charge in [0.1, 0.15) is 18.6 Å². The van der Waals surface area contributed by atoms with Crippen LogP contribution in [-0.2, 0) is 13.6 Å². The van der Waals surface area contributed by atoms with Crippen LogP contribution in [0.25, 0.3) is 0 Å². The molecule has 2 rings (SSSR count). The Hall–Kier alpha value is -2.05. The molecule has 0 spiro atoms. The summed E-state index contributed by atoms with van der Waals surface area (Å²) >= 11 is 0. The largest absolute Gasteiger partial charge is 0.573 e. The third kappa shape index (κ3) is 6.30. The molecule has 0 atom stereocenters. The molecule has 0 saturated heterocycles. The van der Waals surface area contributed by atoms with Crippen LogP contribution in [0.1, 0.15) is 5.82 Å². The summed E-state index contributed by atoms with van der Waals surface area (Å²) in [6.45, 7) is 0.189. The third-order valence-electron chi connectivity index (χ3n) is 2.54. The number of halogens is 4. The first-order chi connectivity index (χ1) is 10.3. The van der Waals surface area contributed by atoms with E-state index in [1.165, 1.54) is 24.5 Å². The van der Waals surface area contributed by atoms with Gasteiger partial charge in [-0.3, -0.25) is 0 Å². The Kier molecular flexibility index (Phi) is 6.60. The van der Waals surface area contributed by atoms with E-state index in [2.05, 4.69) is 25.2 Å². The molecule has 0 fully saturated rings. The molecule has 1 aromatic heterocycles. The second-order valence-electron chi connectivity index (χ2n) is 4.26. The van der Waals surface area contributed by atoms with Crippen molar-refractivity contribution in [2.45, 2.75) is 12.9 Å². The Morgan fingerprint density at radius 3 is 2.78 bits per heavy atom. The van der Waals surface area contributed by atoms with E-state index in [4.69, 9.17) is 5.73 Å². The van der Waals surface area contributed by atoms with Crippen LogP contribution in [-0.4, -0.2) is 27.1 Å². The zero-order valence-electron chi connectivity index (χ0n) is 11.9. The van der Waals surface area contributed by atoms with E-state index in [0.717, 1.165) is 6.07 Å². The van der Waals surface area contributed by atoms with Gasteiger partial charge in [0.2, 0.25) is 0 Å². The second-order valence-corrected chi connectivity index (χ2v) is 4.26. The molecule has 0 radical (unpaired) electrons. The summed E-state index contributed by atoms with van der Waals surface area (Å²) in [5.41, 5.74) is 5.99. The van der Waals surface area contributed by atoms with Gasteiger partial charge >= 0.3 is 6.36 Å². The molecule has 2 aromatic rings. The lowest BCUT2D eigenvalue weighted by Crippen LogP contribution is -2.23. The van der Waals surface area contributed by atoms with Gasteiger partial charge in [-0.05, 0) is 12.1 Å². The number of aromatic nitrogens is 3. The first-order valence-corrected chi connectivity index (χ1v) is 6.09. The van der Waals surface area contributed by atoms with Gasteiger partial charge in [0.05, 0.1) is 0 Å². The SMILES string of the molecule is Cn1cnnc1CN=C(N)Nc1cccc(OC(F)(F)F)c1.I. The van der Waals surface area contributed by atoms with Crippen molar-refractivity contribution in [3.8, 4) is 5.75 Å². The van der Waals surface area contributed by atoms with Crippen molar-refractivity contribution >= 4 is 35.6 Å². The number of nitrogens with two attached hydrogens (primary N) is 1. The van der Waals surface area contributed by atoms with Crippen molar-refractivity contribution in [2.75, 3.05) is 5.32 Å². The highest BCUT2D eigenvalue weighted by molar-refractivity contribution is 14.0. The van der Waals surface area contributed by atoms with Crippen LogP contribution < -0.4 is 15.8 Å². The number of nitrogens with one attached hydrogen (secondary N) is 1. The number of aryl methyl sites for hydroxylation is 1. The zero-order chi connectivity index (χ0) is 16.2. The monoisotopic (exact) mass is 442 g/mol. The van der Waals surface area contributed by atoms with Crippen LogP contribution in [0.4, 0.5) is 18.9 Å². The molecular weight excluding hydrogens is 428 g/mol. The Labute approximate surface area is 146 Å². The summed E-state index contributed by atoms with van der Waals surface area (Å²) in [7, 11) is 1.76. The molecule has 0 bridgehead atoms. The molecule has 126 valence electrons. The highest BCUT2D eigenvalue weighted by atomic mass is 127. The second kappa shape index (κ2) is 7.99. The van der Waals surface area contributed by atoms with Crippen molar-refractivity contribution in [3.63, 3.8) is 0 Å². The Bertz CT molecular complexity index is 673. The fourth-order valence-electron chi connectivity index (χ4n) is 1.56. The molecule has 7 nitrogen and oxygen atoms in total. The molecule has 0 aliphatic heterocycles. The van der Waals surface area contributed by atoms with Gasteiger partial charge < -0.3 is 20.4 Å². The van der Waals surface area contributed by atoms with Crippen LogP contribution >= 0.6 is 24.0 Å². The van der Waals surface area contributed by atoms with Gasteiger partial charge in [0, 0.05) is 18.8 Å². The van der Waals surface area contributed by atoms with Gasteiger partial charge in [-0.2, -0.15) is 0 Å². The molecule has 23 heavy (non-hydrogen) atoms. The molecule has 0 aliphatic carbocycles. The standard InChI is InChI=1S/C12H13F3N6O.HI/c1-21-7-18-20-10(21)6-17-11(16)19-8-3-2-4-9(5-8)22-12(13,14)15;/h2-5,7H,6H2,1H3,(H3,16,17,19);1H. The predicted octanol–water partition coefficient (Wildman–Crippen LogP) is 2.26. The topological polar surface area (TPSA) is 90.4 Å². The number of alkyl halides is 3. The van der Waals surface area contributed by atoms with Gasteiger partial charge in [-0.25, -0.2) is 4.99 Å². The van der Waals surface area contributed by atoms with Crippen LogP contribution in [0.2, 0.25) is 0 Å². The minimum absolute atomic E-state index is 0. The van der Waals surface area contributed by atoms with E-state index in [-0.39, 0.29) is 42.2 Å². The van der Waals surface area contributed by atoms with Gasteiger partial charge in [0.25, 0.3) is 0 Å². The van der Waals surface area contributed by atoms with Gasteiger partial charge in [-0.1, -0.05) is 6.07 Å². The van der Waals surface area contributed by atoms with Crippen molar-refractivity contribution in [1.82, 2.24) is 14.8 Å². The minimum atomic E-state index is -4.75. The number of hydrogen-bond acceptors (Lipinski definition) is 4. The first-order valence-electron chi connectivity index (χ1n) is 6.09. The molecular formula is C12H14F3IN6O. The van der Waals surface area contributed by atoms with Crippen molar-refractivity contribution in [3.05, 3.63) is 36.4 Å². The number of ether oxygens (including phenoxy) is 1. The Morgan fingerprint density at radius 2 is 2.17 bits per heavy atom. The molecule has 0 amide bonds. The number of nitrogens with zero attached hydrogens (tertiary/aromatic N) is 4. The zero-order valence-corrected chi connectivity index (χ0v) is 14.2. The van der Waals surface area contributed by atoms with E-state index >= 15 is 0 Å². The van der Waals surface area contributed by atoms with Crippen LogP contribution in [0, 0.1) is 0 Å². The normalized spacial score (nSPS) is 11.7. The number of anilines is 1. The number of rotatable bonds is 4. The van der Waals surface area contributed by atoms with Crippen LogP contribution in [0.15, 0.2) is 35.6 Å². The molecule has 0 saturated carbocycles. The van der Waals surface area contributed by atoms with E-state index in [1.807, 2.05) is 0 Å². The molecule has 0 unspecified atom stereocenters. The highest BCUT2D eigenvalue weighted by Crippen LogP contribution is 2.24. The Balaban J connectivity index is 0.00000264. The smallest absolute Gasteiger partial charge is 0.406 e. The van der Waals surface area contributed by atoms with Crippen LogP contribution in [0.3, 0.4) is 0 Å². The van der Waals surface area contributed by atoms with Crippen molar-refractivity contribution in [2.24, 2.45) is 17.8 Å². The number of hydrogen-bond donors (Lipinski definition) is 2. The quantitative estimate of drug-likeness (QED) is 0.431. The van der Waals surface area contributed by atoms with E-state index in [0.29, 0.717) is 11.5 Å². The number of benzene rings is 1. The van der Waals surface area contributed by atoms with Gasteiger partial charge in [-0.15, -0.1) is 47.3 Å². The maximum absolute atomic E-state index is 12.1. The Morgan fingerprint density at radius 1 is 1.43 bits per heavy atom. The predicted molar refractivity (Wildman–Crippen MR) is 88.5 cm³/mol. The average molecular weight is 442 g/mol. The third-order valence-corrected chi connectivity index (χ3v) is 2.54. The highest BCUT2D eigenvalue weighted by Gasteiger charge is 2.31. The van der Waals surface area contributed by atoms with Crippen LogP contribution in [0.5, 0.6) is 5.75 Å². The lowest BCUT2D eigenvalue weighted by molar-refractivity contribution is -0.274. The number of aliphatic imine (C=N–C) groups is 1. The average Bonchev–Trinajstić information content (AvgIpc) is 2.80. The molecule has 3 N–H and O–H groups in total. The summed E-state index contributed by atoms with van der Waals surface area (Å²) in [5, 5.41) is 10.2. The number of guanidine groups is 1. The first kappa shape index (κ1) is 19.0. The van der Waals surface area contributed by atoms with E-state index < -0.39 is 6.36 Å². The fourth-order valence-corrected chi connectivity index (χ4v) is 1.56. The summed E-state index contributed by atoms with van der Waals surface area (Å²) in [4.78, 5) is 4.02. The summed E-state index contributed by atoms with van der Waals surface area (Å²) in [6, 6.07) is 5.29. The molecule has 0 aliphatic rings. The maximum atomic E-state index is 12.1. The van der Waals surface area contributed by atoms with E-state index in [9.17, 15) is 13.2 Å². The van der Waals surface area contributed by atoms with Crippen molar-refractivity contribution < 1.29 is 17.9 Å². The summed E-state index contributed by atoms with van der Waals surface area (Å²) < 4.78 is 41.9. The summed E-state index contributed by atoms with van der Waals surface area (Å²) in [5.74, 6) is 0.282. The van der Waals surface area contributed by atoms with E-state index in [1.54, 1.807) is 11.6 Å². The lowest BCUT2D eigenvalue weighted by Gasteiger charge is -2.11. The fraction of sp³-hybridized carbons (Fsp3) is 0.250. The maximum Gasteiger partial charge on any atom is 0.573 e. The molecule has 11 heteroatoms. The molecule has 1 aromatic carbocycles. The van der Waals surface area contributed by atoms with Gasteiger partial charge in [0.15, 0.2) is 11.8 Å². The molecule has 1 heterocycles.